The van der Waals surface area contributed by atoms with E-state index in [9.17, 15) is 14.3 Å². The van der Waals surface area contributed by atoms with Crippen molar-refractivity contribution in [1.29, 1.82) is 0 Å². The Morgan fingerprint density at radius 2 is 0.962 bits per heavy atom. The van der Waals surface area contributed by atoms with Crippen molar-refractivity contribution in [3.8, 4) is 0 Å². The number of phosphoric acid groups is 1. The number of esters is 1. The molecule has 9 heteroatoms. The third kappa shape index (κ3) is 40.3. The number of allylic oxidation sites excluding steroid dienone is 1. The van der Waals surface area contributed by atoms with Crippen LogP contribution in [0.25, 0.3) is 0 Å². The summed E-state index contributed by atoms with van der Waals surface area (Å²) in [5, 5.41) is 0. The van der Waals surface area contributed by atoms with Gasteiger partial charge in [0, 0.05) is 13.0 Å². The highest BCUT2D eigenvalue weighted by Gasteiger charge is 2.25. The summed E-state index contributed by atoms with van der Waals surface area (Å²) in [5.41, 5.74) is 5.36. The van der Waals surface area contributed by atoms with Gasteiger partial charge in [0.15, 0.2) is 6.10 Å². The Hall–Kier alpha value is -0.920. The molecule has 0 radical (unpaired) electrons. The van der Waals surface area contributed by atoms with Crippen molar-refractivity contribution < 1.29 is 32.8 Å². The van der Waals surface area contributed by atoms with Crippen molar-refractivity contribution in [2.45, 2.75) is 232 Å². The van der Waals surface area contributed by atoms with Crippen LogP contribution in [0.2, 0.25) is 0 Å². The van der Waals surface area contributed by atoms with E-state index in [1.54, 1.807) is 6.26 Å². The zero-order chi connectivity index (χ0) is 38.1. The van der Waals surface area contributed by atoms with Gasteiger partial charge in [-0.1, -0.05) is 200 Å². The third-order valence-electron chi connectivity index (χ3n) is 9.78. The molecule has 0 aliphatic rings. The van der Waals surface area contributed by atoms with Gasteiger partial charge < -0.3 is 20.1 Å². The summed E-state index contributed by atoms with van der Waals surface area (Å²) in [4.78, 5) is 22.5. The number of rotatable bonds is 43. The summed E-state index contributed by atoms with van der Waals surface area (Å²) < 4.78 is 33.2. The predicted molar refractivity (Wildman–Crippen MR) is 219 cm³/mol. The molecule has 310 valence electrons. The van der Waals surface area contributed by atoms with Crippen LogP contribution in [0, 0.1) is 0 Å². The number of phosphoric ester groups is 1. The maximum atomic E-state index is 12.6. The molecular weight excluding hydrogens is 673 g/mol. The summed E-state index contributed by atoms with van der Waals surface area (Å²) >= 11 is 0. The lowest BCUT2D eigenvalue weighted by atomic mass is 10.0. The van der Waals surface area contributed by atoms with Crippen LogP contribution in [0.5, 0.6) is 0 Å². The van der Waals surface area contributed by atoms with Gasteiger partial charge in [-0.05, 0) is 25.3 Å². The summed E-state index contributed by atoms with van der Waals surface area (Å²) in [5.74, 6) is -0.347. The molecule has 0 bridgehead atoms. The summed E-state index contributed by atoms with van der Waals surface area (Å²) in [6, 6.07) is 0. The third-order valence-corrected chi connectivity index (χ3v) is 10.8. The molecule has 0 saturated heterocycles. The predicted octanol–water partition coefficient (Wildman–Crippen LogP) is 13.4. The highest BCUT2D eigenvalue weighted by atomic mass is 31.2. The fourth-order valence-corrected chi connectivity index (χ4v) is 7.26. The Bertz CT molecular complexity index is 812. The lowest BCUT2D eigenvalue weighted by Crippen LogP contribution is -2.27. The second-order valence-electron chi connectivity index (χ2n) is 15.0. The number of unbranched alkanes of at least 4 members (excludes halogenated alkanes) is 30. The highest BCUT2D eigenvalue weighted by molar-refractivity contribution is 7.47. The SMILES string of the molecule is CCCCCCCCCCCCCC/C=C/OC[C@H](COP(=O)(O)OCCN)OC(=O)CCCCCCCCCCCCCCCCCCCCC. The molecule has 0 aromatic carbocycles. The first-order valence-electron chi connectivity index (χ1n) is 22.2. The number of nitrogens with two attached hydrogens (primary N) is 1. The van der Waals surface area contributed by atoms with E-state index in [1.807, 2.05) is 6.08 Å². The Labute approximate surface area is 322 Å². The van der Waals surface area contributed by atoms with Crippen LogP contribution in [0.4, 0.5) is 0 Å². The van der Waals surface area contributed by atoms with E-state index in [0.29, 0.717) is 6.42 Å². The lowest BCUT2D eigenvalue weighted by Gasteiger charge is -2.19. The van der Waals surface area contributed by atoms with E-state index in [2.05, 4.69) is 13.8 Å². The first-order chi connectivity index (χ1) is 25.4. The Balaban J connectivity index is 4.00. The second-order valence-corrected chi connectivity index (χ2v) is 16.4. The molecule has 0 spiro atoms. The monoisotopic (exact) mass is 760 g/mol. The van der Waals surface area contributed by atoms with E-state index in [-0.39, 0.29) is 32.3 Å². The average molecular weight is 760 g/mol. The molecule has 0 aliphatic carbocycles. The maximum Gasteiger partial charge on any atom is 0.472 e. The van der Waals surface area contributed by atoms with Crippen LogP contribution in [-0.2, 0) is 27.9 Å². The minimum atomic E-state index is -4.28. The largest absolute Gasteiger partial charge is 0.498 e. The topological polar surface area (TPSA) is 117 Å². The molecule has 0 heterocycles. The summed E-state index contributed by atoms with van der Waals surface area (Å²) in [6.45, 7) is 4.28. The normalized spacial score (nSPS) is 13.5. The smallest absolute Gasteiger partial charge is 0.472 e. The van der Waals surface area contributed by atoms with E-state index in [4.69, 9.17) is 24.3 Å². The van der Waals surface area contributed by atoms with E-state index in [0.717, 1.165) is 32.1 Å². The van der Waals surface area contributed by atoms with Gasteiger partial charge in [0.25, 0.3) is 0 Å². The maximum absolute atomic E-state index is 12.6. The van der Waals surface area contributed by atoms with E-state index in [1.165, 1.54) is 173 Å². The molecule has 0 rings (SSSR count). The number of ether oxygens (including phenoxy) is 2. The molecule has 0 aromatic rings. The zero-order valence-corrected chi connectivity index (χ0v) is 35.2. The van der Waals surface area contributed by atoms with Crippen LogP contribution in [0.1, 0.15) is 226 Å². The van der Waals surface area contributed by atoms with E-state index >= 15 is 0 Å². The van der Waals surface area contributed by atoms with Crippen molar-refractivity contribution in [2.75, 3.05) is 26.4 Å². The van der Waals surface area contributed by atoms with Gasteiger partial charge in [-0.25, -0.2) is 4.57 Å². The molecule has 1 unspecified atom stereocenters. The molecule has 3 N–H and O–H groups in total. The average Bonchev–Trinajstić information content (AvgIpc) is 3.13. The fraction of sp³-hybridized carbons (Fsp3) is 0.930. The fourth-order valence-electron chi connectivity index (χ4n) is 6.49. The van der Waals surface area contributed by atoms with Crippen molar-refractivity contribution in [1.82, 2.24) is 0 Å². The second kappa shape index (κ2) is 41.2. The van der Waals surface area contributed by atoms with Crippen molar-refractivity contribution in [3.63, 3.8) is 0 Å². The van der Waals surface area contributed by atoms with Crippen LogP contribution in [0.15, 0.2) is 12.3 Å². The Kier molecular flexibility index (Phi) is 40.5. The Morgan fingerprint density at radius 3 is 1.37 bits per heavy atom. The molecule has 0 aliphatic heterocycles. The first-order valence-corrected chi connectivity index (χ1v) is 23.7. The zero-order valence-electron chi connectivity index (χ0n) is 34.3. The molecule has 0 aromatic heterocycles. The van der Waals surface area contributed by atoms with E-state index < -0.39 is 13.9 Å². The van der Waals surface area contributed by atoms with Crippen molar-refractivity contribution in [3.05, 3.63) is 12.3 Å². The molecule has 52 heavy (non-hydrogen) atoms. The highest BCUT2D eigenvalue weighted by Crippen LogP contribution is 2.43. The standard InChI is InChI=1S/C43H86NO7P/c1-3-5-7-9-11-13-15-17-19-20-21-22-23-24-26-28-30-32-34-36-43(45)51-42(41-50-52(46,47)49-39-37-44)40-48-38-35-33-31-29-27-25-18-16-14-12-10-8-6-4-2/h35,38,42H,3-34,36-37,39-41,44H2,1-2H3,(H,46,47)/b38-35+/t42-/m1/s1. The number of hydrogen-bond donors (Lipinski definition) is 2. The minimum Gasteiger partial charge on any atom is -0.498 e. The van der Waals surface area contributed by atoms with Gasteiger partial charge in [-0.3, -0.25) is 13.8 Å². The molecular formula is C43H86NO7P. The minimum absolute atomic E-state index is 0.0385. The number of hydrogen-bond acceptors (Lipinski definition) is 7. The lowest BCUT2D eigenvalue weighted by molar-refractivity contribution is -0.153. The number of carbonyl (C=O) groups excluding carboxylic acids is 1. The quantitative estimate of drug-likeness (QED) is 0.0273. The molecule has 0 saturated carbocycles. The Morgan fingerprint density at radius 1 is 0.577 bits per heavy atom. The van der Waals surface area contributed by atoms with Crippen LogP contribution in [-0.4, -0.2) is 43.3 Å². The van der Waals surface area contributed by atoms with Gasteiger partial charge in [0.05, 0.1) is 19.5 Å². The molecule has 0 fully saturated rings. The van der Waals surface area contributed by atoms with Crippen LogP contribution in [0.3, 0.4) is 0 Å². The van der Waals surface area contributed by atoms with Crippen LogP contribution >= 0.6 is 7.82 Å². The van der Waals surface area contributed by atoms with Gasteiger partial charge in [0.1, 0.15) is 6.61 Å². The van der Waals surface area contributed by atoms with Gasteiger partial charge in [-0.2, -0.15) is 0 Å². The van der Waals surface area contributed by atoms with Crippen molar-refractivity contribution in [2.24, 2.45) is 5.73 Å². The molecule has 2 atom stereocenters. The summed E-state index contributed by atoms with van der Waals surface area (Å²) in [6.07, 6.45) is 44.7. The van der Waals surface area contributed by atoms with Gasteiger partial charge in [0.2, 0.25) is 0 Å². The van der Waals surface area contributed by atoms with Crippen molar-refractivity contribution >= 4 is 13.8 Å². The number of carbonyl (C=O) groups is 1. The van der Waals surface area contributed by atoms with Gasteiger partial charge in [-0.15, -0.1) is 0 Å². The molecule has 0 amide bonds. The van der Waals surface area contributed by atoms with Crippen LogP contribution < -0.4 is 5.73 Å². The van der Waals surface area contributed by atoms with Gasteiger partial charge >= 0.3 is 13.8 Å². The summed E-state index contributed by atoms with van der Waals surface area (Å²) in [7, 11) is -4.28. The molecule has 8 nitrogen and oxygen atoms in total. The first kappa shape index (κ1) is 51.1.